The van der Waals surface area contributed by atoms with Crippen molar-refractivity contribution in [3.8, 4) is 0 Å². The number of hydrogen-bond donors (Lipinski definition) is 0. The van der Waals surface area contributed by atoms with Crippen LogP contribution in [0.5, 0.6) is 0 Å². The van der Waals surface area contributed by atoms with Gasteiger partial charge in [0.25, 0.3) is 0 Å². The summed E-state index contributed by atoms with van der Waals surface area (Å²) in [6.07, 6.45) is 2.46. The van der Waals surface area contributed by atoms with Crippen LogP contribution in [-0.4, -0.2) is 22.8 Å². The maximum Gasteiger partial charge on any atom is 0.110 e. The van der Waals surface area contributed by atoms with Crippen molar-refractivity contribution in [1.29, 1.82) is 0 Å². The van der Waals surface area contributed by atoms with Gasteiger partial charge in [0.1, 0.15) is 12.0 Å². The molecular formula is C22H33N3. The summed E-state index contributed by atoms with van der Waals surface area (Å²) in [5.74, 6) is 1.88. The summed E-state index contributed by atoms with van der Waals surface area (Å²) in [5.41, 5.74) is 1.45. The zero-order valence-corrected chi connectivity index (χ0v) is 16.8. The van der Waals surface area contributed by atoms with E-state index in [0.29, 0.717) is 24.2 Å². The van der Waals surface area contributed by atoms with Crippen LogP contribution in [-0.2, 0) is 7.05 Å². The van der Waals surface area contributed by atoms with Crippen LogP contribution in [0, 0.1) is 11.3 Å². The topological polar surface area (TPSA) is 11.4 Å². The van der Waals surface area contributed by atoms with Crippen LogP contribution in [0.15, 0.2) is 48.7 Å². The first kappa shape index (κ1) is 17.9. The van der Waals surface area contributed by atoms with E-state index in [9.17, 15) is 0 Å². The average Bonchev–Trinajstić information content (AvgIpc) is 3.08. The fourth-order valence-corrected chi connectivity index (χ4v) is 4.60. The van der Waals surface area contributed by atoms with Gasteiger partial charge in [-0.1, -0.05) is 52.8 Å². The van der Waals surface area contributed by atoms with Gasteiger partial charge in [0, 0.05) is 24.3 Å². The Hall–Kier alpha value is -1.90. The van der Waals surface area contributed by atoms with Crippen LogP contribution < -0.4 is 9.80 Å². The molecule has 25 heavy (non-hydrogen) atoms. The highest BCUT2D eigenvalue weighted by Crippen LogP contribution is 2.44. The minimum atomic E-state index is 0.123. The number of anilines is 2. The molecule has 0 bridgehead atoms. The quantitative estimate of drug-likeness (QED) is 0.767. The van der Waals surface area contributed by atoms with Crippen molar-refractivity contribution in [3.63, 3.8) is 0 Å². The summed E-state index contributed by atoms with van der Waals surface area (Å²) in [7, 11) is 2.15. The third kappa shape index (κ3) is 3.05. The second-order valence-corrected chi connectivity index (χ2v) is 8.84. The molecule has 3 heteroatoms. The first-order chi connectivity index (χ1) is 11.7. The van der Waals surface area contributed by atoms with Crippen LogP contribution >= 0.6 is 0 Å². The molecule has 2 heterocycles. The Morgan fingerprint density at radius 2 is 1.56 bits per heavy atom. The molecule has 1 aliphatic heterocycles. The normalized spacial score (nSPS) is 24.4. The number of hydrogen-bond acceptors (Lipinski definition) is 2. The third-order valence-electron chi connectivity index (χ3n) is 5.47. The van der Waals surface area contributed by atoms with E-state index in [-0.39, 0.29) is 5.41 Å². The van der Waals surface area contributed by atoms with E-state index >= 15 is 0 Å². The van der Waals surface area contributed by atoms with E-state index < -0.39 is 0 Å². The monoisotopic (exact) mass is 339 g/mol. The first-order valence-corrected chi connectivity index (χ1v) is 9.46. The maximum absolute atomic E-state index is 2.67. The highest BCUT2D eigenvalue weighted by molar-refractivity contribution is 5.58. The van der Waals surface area contributed by atoms with E-state index in [2.05, 4.69) is 112 Å². The van der Waals surface area contributed by atoms with Crippen molar-refractivity contribution in [2.24, 2.45) is 18.4 Å². The number of rotatable bonds is 3. The molecule has 1 fully saturated rings. The number of aryl methyl sites for hydroxylation is 1. The molecule has 0 radical (unpaired) electrons. The maximum atomic E-state index is 2.67. The van der Waals surface area contributed by atoms with Crippen LogP contribution in [0.25, 0.3) is 0 Å². The lowest BCUT2D eigenvalue weighted by Crippen LogP contribution is -2.50. The van der Waals surface area contributed by atoms with Gasteiger partial charge in [-0.2, -0.15) is 0 Å². The van der Waals surface area contributed by atoms with Gasteiger partial charge < -0.3 is 14.4 Å². The summed E-state index contributed by atoms with van der Waals surface area (Å²) in [6.45, 7) is 14.2. The van der Waals surface area contributed by atoms with Gasteiger partial charge >= 0.3 is 0 Å². The smallest absolute Gasteiger partial charge is 0.110 e. The molecule has 0 saturated carbocycles. The number of benzene rings is 1. The lowest BCUT2D eigenvalue weighted by atomic mass is 9.90. The predicted molar refractivity (Wildman–Crippen MR) is 108 cm³/mol. The van der Waals surface area contributed by atoms with Gasteiger partial charge in [-0.15, -0.1) is 0 Å². The molecule has 1 aromatic carbocycles. The highest BCUT2D eigenvalue weighted by atomic mass is 15.5. The summed E-state index contributed by atoms with van der Waals surface area (Å²) in [4.78, 5) is 5.31. The summed E-state index contributed by atoms with van der Waals surface area (Å²) in [6, 6.07) is 16.3. The van der Waals surface area contributed by atoms with E-state index in [0.717, 1.165) is 0 Å². The molecule has 3 nitrogen and oxygen atoms in total. The number of para-hydroxylation sites is 1. The van der Waals surface area contributed by atoms with Gasteiger partial charge in [-0.05, 0) is 37.1 Å². The molecule has 0 aliphatic carbocycles. The number of aromatic nitrogens is 1. The van der Waals surface area contributed by atoms with Crippen LogP contribution in [0.2, 0.25) is 0 Å². The van der Waals surface area contributed by atoms with Crippen molar-refractivity contribution >= 4 is 11.5 Å². The lowest BCUT2D eigenvalue weighted by molar-refractivity contribution is 0.311. The van der Waals surface area contributed by atoms with Gasteiger partial charge in [0.05, 0.1) is 12.1 Å². The Balaban J connectivity index is 2.18. The highest BCUT2D eigenvalue weighted by Gasteiger charge is 2.51. The Morgan fingerprint density at radius 3 is 2.04 bits per heavy atom. The standard InChI is InChI=1S/C22H33N3/c1-16(2)20-17(3)24(19-14-11-15-23(19)7)21(22(4,5)6)25(20)18-12-9-8-10-13-18/h8-17,20-21H,1-7H3/t17-,20?,21?/m0/s1. The Morgan fingerprint density at radius 1 is 0.920 bits per heavy atom. The predicted octanol–water partition coefficient (Wildman–Crippen LogP) is 5.14. The van der Waals surface area contributed by atoms with Crippen molar-refractivity contribution in [1.82, 2.24) is 4.57 Å². The van der Waals surface area contributed by atoms with Gasteiger partial charge in [0.15, 0.2) is 0 Å². The second kappa shape index (κ2) is 6.44. The molecule has 1 aromatic heterocycles. The minimum absolute atomic E-state index is 0.123. The second-order valence-electron chi connectivity index (χ2n) is 8.84. The van der Waals surface area contributed by atoms with E-state index in [1.165, 1.54) is 11.5 Å². The van der Waals surface area contributed by atoms with Gasteiger partial charge in [-0.3, -0.25) is 0 Å². The molecule has 1 saturated heterocycles. The van der Waals surface area contributed by atoms with Gasteiger partial charge in [0.2, 0.25) is 0 Å². The summed E-state index contributed by atoms with van der Waals surface area (Å²) in [5, 5.41) is 0. The fourth-order valence-electron chi connectivity index (χ4n) is 4.60. The molecule has 2 unspecified atom stereocenters. The fraction of sp³-hybridized carbons (Fsp3) is 0.545. The number of nitrogens with zero attached hydrogens (tertiary/aromatic N) is 3. The van der Waals surface area contributed by atoms with Gasteiger partial charge in [-0.25, -0.2) is 0 Å². The van der Waals surface area contributed by atoms with Crippen molar-refractivity contribution in [2.75, 3.05) is 9.80 Å². The molecule has 0 amide bonds. The lowest BCUT2D eigenvalue weighted by Gasteiger charge is -2.43. The third-order valence-corrected chi connectivity index (χ3v) is 5.47. The van der Waals surface area contributed by atoms with Crippen LogP contribution in [0.3, 0.4) is 0 Å². The molecule has 3 rings (SSSR count). The van der Waals surface area contributed by atoms with Crippen molar-refractivity contribution in [2.45, 2.75) is 59.8 Å². The zero-order valence-electron chi connectivity index (χ0n) is 16.8. The first-order valence-electron chi connectivity index (χ1n) is 9.46. The molecular weight excluding hydrogens is 306 g/mol. The van der Waals surface area contributed by atoms with Crippen molar-refractivity contribution in [3.05, 3.63) is 48.7 Å². The molecule has 2 aromatic rings. The Bertz CT molecular complexity index is 696. The Labute approximate surface area is 153 Å². The molecule has 3 atom stereocenters. The largest absolute Gasteiger partial charge is 0.345 e. The van der Waals surface area contributed by atoms with E-state index in [1.807, 2.05) is 0 Å². The summed E-state index contributed by atoms with van der Waals surface area (Å²) >= 11 is 0. The van der Waals surface area contributed by atoms with Crippen molar-refractivity contribution < 1.29 is 0 Å². The molecule has 136 valence electrons. The SMILES string of the molecule is CC(C)C1[C@H](C)N(c2cccn2C)C(C(C)(C)C)N1c1ccccc1. The van der Waals surface area contributed by atoms with E-state index in [1.54, 1.807) is 0 Å². The minimum Gasteiger partial charge on any atom is -0.345 e. The zero-order chi connectivity index (χ0) is 18.4. The Kier molecular flexibility index (Phi) is 4.61. The summed E-state index contributed by atoms with van der Waals surface area (Å²) < 4.78 is 2.25. The van der Waals surface area contributed by atoms with E-state index in [4.69, 9.17) is 0 Å². The molecule has 1 aliphatic rings. The molecule has 0 N–H and O–H groups in total. The molecule has 0 spiro atoms. The van der Waals surface area contributed by atoms with Crippen LogP contribution in [0.1, 0.15) is 41.5 Å². The van der Waals surface area contributed by atoms with Crippen LogP contribution in [0.4, 0.5) is 11.5 Å². The average molecular weight is 340 g/mol.